The molecule has 2 heterocycles. The SMILES string of the molecule is CCCN1C(=O)C2(/C(=C(\O)c3ccc(S(=O)(=O)N(C)C)cc3)C(=O)C(=O)N2CCN(C)C)c2ccccc21. The van der Waals surface area contributed by atoms with E-state index in [9.17, 15) is 27.9 Å². The molecule has 1 atom stereocenters. The second-order valence-corrected chi connectivity index (χ2v) is 12.0. The van der Waals surface area contributed by atoms with Gasteiger partial charge in [-0.1, -0.05) is 25.1 Å². The number of para-hydroxylation sites is 1. The number of likely N-dealkylation sites (N-methyl/N-ethyl adjacent to an activating group) is 1. The van der Waals surface area contributed by atoms with Crippen LogP contribution in [-0.4, -0.2) is 93.1 Å². The first-order valence-corrected chi connectivity index (χ1v) is 13.7. The number of ketones is 1. The lowest BCUT2D eigenvalue weighted by molar-refractivity contribution is -0.143. The second-order valence-electron chi connectivity index (χ2n) is 9.81. The number of hydrogen-bond acceptors (Lipinski definition) is 7. The number of hydrogen-bond donors (Lipinski definition) is 1. The Bertz CT molecular complexity index is 1430. The third kappa shape index (κ3) is 4.01. The van der Waals surface area contributed by atoms with Gasteiger partial charge in [-0.05, 0) is 50.8 Å². The fraction of sp³-hybridized carbons (Fsp3) is 0.370. The third-order valence-electron chi connectivity index (χ3n) is 6.93. The van der Waals surface area contributed by atoms with Crippen LogP contribution in [0.5, 0.6) is 0 Å². The largest absolute Gasteiger partial charge is 0.507 e. The van der Waals surface area contributed by atoms with E-state index in [1.165, 1.54) is 43.3 Å². The molecule has 11 heteroatoms. The van der Waals surface area contributed by atoms with Crippen molar-refractivity contribution in [3.63, 3.8) is 0 Å². The van der Waals surface area contributed by atoms with Crippen molar-refractivity contribution in [2.24, 2.45) is 0 Å². The molecule has 4 rings (SSSR count). The lowest BCUT2D eigenvalue weighted by Crippen LogP contribution is -2.53. The van der Waals surface area contributed by atoms with Crippen molar-refractivity contribution in [2.45, 2.75) is 23.8 Å². The molecule has 0 saturated carbocycles. The average Bonchev–Trinajstić information content (AvgIpc) is 3.25. The zero-order valence-electron chi connectivity index (χ0n) is 22.1. The lowest BCUT2D eigenvalue weighted by Gasteiger charge is -2.35. The highest BCUT2D eigenvalue weighted by Crippen LogP contribution is 2.53. The molecule has 0 bridgehead atoms. The van der Waals surface area contributed by atoms with E-state index in [2.05, 4.69) is 0 Å². The maximum absolute atomic E-state index is 14.3. The molecule has 0 aliphatic carbocycles. The monoisotopic (exact) mass is 540 g/mol. The highest BCUT2D eigenvalue weighted by molar-refractivity contribution is 7.89. The smallest absolute Gasteiger partial charge is 0.296 e. The predicted octanol–water partition coefficient (Wildman–Crippen LogP) is 1.83. The van der Waals surface area contributed by atoms with Gasteiger partial charge in [0, 0.05) is 44.9 Å². The van der Waals surface area contributed by atoms with Crippen molar-refractivity contribution in [3.8, 4) is 0 Å². The van der Waals surface area contributed by atoms with Gasteiger partial charge >= 0.3 is 0 Å². The van der Waals surface area contributed by atoms with Gasteiger partial charge in [0.2, 0.25) is 10.0 Å². The molecule has 2 aliphatic heterocycles. The summed E-state index contributed by atoms with van der Waals surface area (Å²) in [7, 11) is 2.72. The highest BCUT2D eigenvalue weighted by atomic mass is 32.2. The van der Waals surface area contributed by atoms with Crippen molar-refractivity contribution in [2.75, 3.05) is 52.7 Å². The van der Waals surface area contributed by atoms with Crippen LogP contribution >= 0.6 is 0 Å². The summed E-state index contributed by atoms with van der Waals surface area (Å²) in [6.07, 6.45) is 0.641. The van der Waals surface area contributed by atoms with Gasteiger partial charge in [0.05, 0.1) is 16.2 Å². The van der Waals surface area contributed by atoms with Crippen molar-refractivity contribution < 1.29 is 27.9 Å². The zero-order chi connectivity index (χ0) is 28.0. The molecule has 2 amide bonds. The Kier molecular flexibility index (Phi) is 7.21. The maximum atomic E-state index is 14.3. The summed E-state index contributed by atoms with van der Waals surface area (Å²) >= 11 is 0. The minimum atomic E-state index is -3.73. The Morgan fingerprint density at radius 2 is 1.58 bits per heavy atom. The van der Waals surface area contributed by atoms with Crippen LogP contribution in [0.25, 0.3) is 5.76 Å². The second kappa shape index (κ2) is 9.97. The Morgan fingerprint density at radius 1 is 0.947 bits per heavy atom. The number of anilines is 1. The molecule has 0 radical (unpaired) electrons. The first-order chi connectivity index (χ1) is 17.9. The van der Waals surface area contributed by atoms with Gasteiger partial charge in [0.25, 0.3) is 17.6 Å². The molecule has 1 unspecified atom stereocenters. The minimum Gasteiger partial charge on any atom is -0.507 e. The number of carbonyl (C=O) groups is 3. The summed E-state index contributed by atoms with van der Waals surface area (Å²) in [5, 5.41) is 11.5. The molecule has 10 nitrogen and oxygen atoms in total. The number of aliphatic hydroxyl groups is 1. The van der Waals surface area contributed by atoms with Gasteiger partial charge in [-0.15, -0.1) is 0 Å². The van der Waals surface area contributed by atoms with Crippen LogP contribution in [0.4, 0.5) is 5.69 Å². The number of aliphatic hydroxyl groups excluding tert-OH is 1. The maximum Gasteiger partial charge on any atom is 0.296 e. The lowest BCUT2D eigenvalue weighted by atomic mass is 9.82. The molecule has 38 heavy (non-hydrogen) atoms. The van der Waals surface area contributed by atoms with Crippen LogP contribution < -0.4 is 4.90 Å². The minimum absolute atomic E-state index is 0.00314. The van der Waals surface area contributed by atoms with Gasteiger partial charge in [-0.3, -0.25) is 14.4 Å². The first kappa shape index (κ1) is 27.5. The van der Waals surface area contributed by atoms with E-state index < -0.39 is 38.9 Å². The third-order valence-corrected chi connectivity index (χ3v) is 8.76. The molecule has 1 fully saturated rings. The number of amides is 2. The number of sulfonamides is 1. The predicted molar refractivity (Wildman–Crippen MR) is 143 cm³/mol. The van der Waals surface area contributed by atoms with E-state index in [-0.39, 0.29) is 22.6 Å². The topological polar surface area (TPSA) is 119 Å². The number of rotatable bonds is 8. The number of likely N-dealkylation sites (tertiary alicyclic amines) is 1. The van der Waals surface area contributed by atoms with Crippen LogP contribution in [0, 0.1) is 0 Å². The van der Waals surface area contributed by atoms with Gasteiger partial charge in [0.1, 0.15) is 5.76 Å². The van der Waals surface area contributed by atoms with Crippen molar-refractivity contribution in [1.29, 1.82) is 0 Å². The Hall–Kier alpha value is -3.54. The van der Waals surface area contributed by atoms with Crippen LogP contribution in [0.15, 0.2) is 59.0 Å². The molecule has 1 saturated heterocycles. The first-order valence-electron chi connectivity index (χ1n) is 12.3. The van der Waals surface area contributed by atoms with Crippen molar-refractivity contribution >= 4 is 39.1 Å². The summed E-state index contributed by atoms with van der Waals surface area (Å²) in [5.41, 5.74) is -1.01. The summed E-state index contributed by atoms with van der Waals surface area (Å²) < 4.78 is 26.1. The number of fused-ring (bicyclic) bond motifs is 2. The Balaban J connectivity index is 1.98. The van der Waals surface area contributed by atoms with Crippen LogP contribution in [0.1, 0.15) is 24.5 Å². The number of Topliss-reactive ketones (excluding diaryl/α,β-unsaturated/α-hetero) is 1. The Labute approximate surface area is 222 Å². The van der Waals surface area contributed by atoms with Gasteiger partial charge in [-0.25, -0.2) is 12.7 Å². The average molecular weight is 541 g/mol. The van der Waals surface area contributed by atoms with E-state index >= 15 is 0 Å². The van der Waals surface area contributed by atoms with Crippen LogP contribution in [-0.2, 0) is 29.9 Å². The molecule has 0 aromatic heterocycles. The highest BCUT2D eigenvalue weighted by Gasteiger charge is 2.66. The summed E-state index contributed by atoms with van der Waals surface area (Å²) in [6, 6.07) is 12.3. The molecule has 2 aromatic carbocycles. The van der Waals surface area contributed by atoms with Gasteiger partial charge in [0.15, 0.2) is 5.54 Å². The normalized spacial score (nSPS) is 20.9. The summed E-state index contributed by atoms with van der Waals surface area (Å²) in [6.45, 7) is 2.75. The quantitative estimate of drug-likeness (QED) is 0.308. The molecule has 1 N–H and O–H groups in total. The van der Waals surface area contributed by atoms with Crippen LogP contribution in [0.3, 0.4) is 0 Å². The van der Waals surface area contributed by atoms with Gasteiger partial charge in [-0.2, -0.15) is 0 Å². The van der Waals surface area contributed by atoms with Crippen LogP contribution in [0.2, 0.25) is 0 Å². The number of carbonyl (C=O) groups excluding carboxylic acids is 3. The van der Waals surface area contributed by atoms with E-state index in [1.807, 2.05) is 25.9 Å². The molecule has 1 spiro atoms. The van der Waals surface area contributed by atoms with E-state index in [0.29, 0.717) is 30.8 Å². The molecule has 2 aromatic rings. The molecule has 2 aliphatic rings. The van der Waals surface area contributed by atoms with E-state index in [4.69, 9.17) is 0 Å². The number of nitrogens with zero attached hydrogens (tertiary/aromatic N) is 4. The number of benzene rings is 2. The standard InChI is InChI=1S/C27H32N4O6S/c1-6-15-30-21-10-8-7-9-20(21)27(26(30)35)22(24(33)25(34)31(27)17-16-28(2)3)23(32)18-11-13-19(14-12-18)38(36,37)29(4)5/h7-14,32H,6,15-17H2,1-5H3/b23-22-. The van der Waals surface area contributed by atoms with E-state index in [1.54, 1.807) is 29.2 Å². The Morgan fingerprint density at radius 3 is 2.16 bits per heavy atom. The fourth-order valence-electron chi connectivity index (χ4n) is 5.05. The van der Waals surface area contributed by atoms with Gasteiger partial charge < -0.3 is 19.8 Å². The molecular formula is C27H32N4O6S. The zero-order valence-corrected chi connectivity index (χ0v) is 22.9. The summed E-state index contributed by atoms with van der Waals surface area (Å²) in [5.74, 6) is -2.85. The molecule has 202 valence electrons. The van der Waals surface area contributed by atoms with Crippen molar-refractivity contribution in [1.82, 2.24) is 14.1 Å². The van der Waals surface area contributed by atoms with Crippen molar-refractivity contribution in [3.05, 3.63) is 65.2 Å². The fourth-order valence-corrected chi connectivity index (χ4v) is 5.95. The van der Waals surface area contributed by atoms with E-state index in [0.717, 1.165) is 4.31 Å². The molecular weight excluding hydrogens is 508 g/mol. The summed E-state index contributed by atoms with van der Waals surface area (Å²) in [4.78, 5) is 46.0.